The van der Waals surface area contributed by atoms with E-state index >= 15 is 0 Å². The third-order valence-corrected chi connectivity index (χ3v) is 5.21. The standard InChI is InChI=1S/C15H19ClN2O3/c1-8-6-11(10(16)7-12(8)18(19)20)17-13-9-4-5-21-14(9)15(13,2)3/h6-7,9,13-14,17H,4-5H2,1-3H3. The molecule has 3 unspecified atom stereocenters. The van der Waals surface area contributed by atoms with Gasteiger partial charge in [0.1, 0.15) is 0 Å². The Balaban J connectivity index is 1.86. The molecule has 0 aromatic heterocycles. The Hall–Kier alpha value is -1.33. The predicted octanol–water partition coefficient (Wildman–Crippen LogP) is 3.78. The van der Waals surface area contributed by atoms with Crippen LogP contribution in [0.15, 0.2) is 12.1 Å². The molecule has 3 rings (SSSR count). The molecular weight excluding hydrogens is 292 g/mol. The summed E-state index contributed by atoms with van der Waals surface area (Å²) in [5.41, 5.74) is 1.48. The molecule has 0 bridgehead atoms. The molecule has 0 radical (unpaired) electrons. The number of nitro groups is 1. The number of fused-ring (bicyclic) bond motifs is 1. The van der Waals surface area contributed by atoms with Gasteiger partial charge in [0.2, 0.25) is 0 Å². The lowest BCUT2D eigenvalue weighted by atomic mass is 9.57. The second-order valence-corrected chi connectivity index (χ2v) is 6.97. The highest BCUT2D eigenvalue weighted by Crippen LogP contribution is 2.53. The van der Waals surface area contributed by atoms with Crippen LogP contribution in [0.1, 0.15) is 25.8 Å². The number of benzene rings is 1. The van der Waals surface area contributed by atoms with Crippen LogP contribution < -0.4 is 5.32 Å². The second-order valence-electron chi connectivity index (χ2n) is 6.56. The quantitative estimate of drug-likeness (QED) is 0.681. The van der Waals surface area contributed by atoms with Crippen molar-refractivity contribution < 1.29 is 9.66 Å². The molecule has 3 atom stereocenters. The zero-order valence-electron chi connectivity index (χ0n) is 12.4. The van der Waals surface area contributed by atoms with Crippen molar-refractivity contribution >= 4 is 23.0 Å². The summed E-state index contributed by atoms with van der Waals surface area (Å²) >= 11 is 6.21. The molecule has 1 aromatic carbocycles. The lowest BCUT2D eigenvalue weighted by Gasteiger charge is -2.55. The van der Waals surface area contributed by atoms with Gasteiger partial charge in [0.15, 0.2) is 0 Å². The van der Waals surface area contributed by atoms with Crippen LogP contribution in [-0.4, -0.2) is 23.7 Å². The Morgan fingerprint density at radius 2 is 2.19 bits per heavy atom. The smallest absolute Gasteiger partial charge is 0.273 e. The Morgan fingerprint density at radius 3 is 2.86 bits per heavy atom. The van der Waals surface area contributed by atoms with Gasteiger partial charge in [-0.15, -0.1) is 0 Å². The average molecular weight is 311 g/mol. The fourth-order valence-corrected chi connectivity index (χ4v) is 3.98. The van der Waals surface area contributed by atoms with Crippen LogP contribution in [0.25, 0.3) is 0 Å². The van der Waals surface area contributed by atoms with Gasteiger partial charge in [0.05, 0.1) is 21.7 Å². The highest BCUT2D eigenvalue weighted by atomic mass is 35.5. The molecule has 21 heavy (non-hydrogen) atoms. The molecule has 114 valence electrons. The van der Waals surface area contributed by atoms with Crippen molar-refractivity contribution in [3.8, 4) is 0 Å². The number of nitro benzene ring substituents is 1. The molecule has 6 heteroatoms. The van der Waals surface area contributed by atoms with E-state index in [1.807, 2.05) is 0 Å². The van der Waals surface area contributed by atoms with Gasteiger partial charge in [-0.05, 0) is 19.4 Å². The van der Waals surface area contributed by atoms with E-state index in [0.717, 1.165) is 18.7 Å². The van der Waals surface area contributed by atoms with Gasteiger partial charge in [0, 0.05) is 35.6 Å². The van der Waals surface area contributed by atoms with Gasteiger partial charge in [0.25, 0.3) is 5.69 Å². The van der Waals surface area contributed by atoms with Crippen molar-refractivity contribution in [1.29, 1.82) is 0 Å². The molecule has 5 nitrogen and oxygen atoms in total. The number of anilines is 1. The van der Waals surface area contributed by atoms with Crippen molar-refractivity contribution in [3.63, 3.8) is 0 Å². The molecule has 2 fully saturated rings. The number of hydrogen-bond acceptors (Lipinski definition) is 4. The van der Waals surface area contributed by atoms with Crippen molar-refractivity contribution in [2.75, 3.05) is 11.9 Å². The van der Waals surface area contributed by atoms with E-state index in [2.05, 4.69) is 19.2 Å². The van der Waals surface area contributed by atoms with Crippen molar-refractivity contribution in [3.05, 3.63) is 32.8 Å². The average Bonchev–Trinajstić information content (AvgIpc) is 2.85. The summed E-state index contributed by atoms with van der Waals surface area (Å²) in [6.07, 6.45) is 1.35. The molecule has 0 amide bonds. The summed E-state index contributed by atoms with van der Waals surface area (Å²) in [4.78, 5) is 10.5. The third-order valence-electron chi connectivity index (χ3n) is 4.89. The predicted molar refractivity (Wildman–Crippen MR) is 81.9 cm³/mol. The van der Waals surface area contributed by atoms with Crippen molar-refractivity contribution in [1.82, 2.24) is 0 Å². The maximum atomic E-state index is 10.9. The van der Waals surface area contributed by atoms with Crippen LogP contribution >= 0.6 is 11.6 Å². The normalized spacial score (nSPS) is 29.6. The highest BCUT2D eigenvalue weighted by Gasteiger charge is 2.59. The van der Waals surface area contributed by atoms with E-state index < -0.39 is 4.92 Å². The topological polar surface area (TPSA) is 64.4 Å². The first kappa shape index (κ1) is 14.6. The Morgan fingerprint density at radius 1 is 1.48 bits per heavy atom. The van der Waals surface area contributed by atoms with Crippen LogP contribution in [0.3, 0.4) is 0 Å². The fourth-order valence-electron chi connectivity index (χ4n) is 3.76. The first-order valence-corrected chi connectivity index (χ1v) is 7.53. The summed E-state index contributed by atoms with van der Waals surface area (Å²) in [5.74, 6) is 0.492. The molecule has 2 aliphatic rings. The number of halogens is 1. The van der Waals surface area contributed by atoms with Gasteiger partial charge in [-0.1, -0.05) is 25.4 Å². The zero-order chi connectivity index (χ0) is 15.4. The van der Waals surface area contributed by atoms with Crippen LogP contribution in [0, 0.1) is 28.4 Å². The monoisotopic (exact) mass is 310 g/mol. The summed E-state index contributed by atoms with van der Waals surface area (Å²) in [5, 5.41) is 14.8. The number of hydrogen-bond donors (Lipinski definition) is 1. The minimum absolute atomic E-state index is 0.0418. The van der Waals surface area contributed by atoms with Gasteiger partial charge in [-0.25, -0.2) is 0 Å². The van der Waals surface area contributed by atoms with E-state index in [0.29, 0.717) is 22.6 Å². The molecular formula is C15H19ClN2O3. The molecule has 1 aliphatic carbocycles. The first-order chi connectivity index (χ1) is 9.82. The van der Waals surface area contributed by atoms with E-state index in [1.165, 1.54) is 6.07 Å². The van der Waals surface area contributed by atoms with Gasteiger partial charge in [-0.3, -0.25) is 10.1 Å². The lowest BCUT2D eigenvalue weighted by molar-refractivity contribution is -0.385. The summed E-state index contributed by atoms with van der Waals surface area (Å²) in [6, 6.07) is 3.47. The summed E-state index contributed by atoms with van der Waals surface area (Å²) in [7, 11) is 0. The molecule has 1 saturated carbocycles. The Bertz CT molecular complexity index is 603. The largest absolute Gasteiger partial charge is 0.380 e. The van der Waals surface area contributed by atoms with Crippen molar-refractivity contribution in [2.45, 2.75) is 39.3 Å². The Labute approximate surface area is 128 Å². The van der Waals surface area contributed by atoms with Crippen LogP contribution in [0.2, 0.25) is 5.02 Å². The minimum Gasteiger partial charge on any atom is -0.380 e. The molecule has 1 N–H and O–H groups in total. The number of aryl methyl sites for hydroxylation is 1. The zero-order valence-corrected chi connectivity index (χ0v) is 13.1. The van der Waals surface area contributed by atoms with E-state index in [1.54, 1.807) is 13.0 Å². The maximum Gasteiger partial charge on any atom is 0.273 e. The summed E-state index contributed by atoms with van der Waals surface area (Å²) < 4.78 is 5.78. The maximum absolute atomic E-state index is 10.9. The number of rotatable bonds is 3. The molecule has 1 saturated heterocycles. The molecule has 0 spiro atoms. The van der Waals surface area contributed by atoms with Crippen molar-refractivity contribution in [2.24, 2.45) is 11.3 Å². The fraction of sp³-hybridized carbons (Fsp3) is 0.600. The van der Waals surface area contributed by atoms with Crippen LogP contribution in [-0.2, 0) is 4.74 Å². The number of nitrogens with zero attached hydrogens (tertiary/aromatic N) is 1. The number of ether oxygens (including phenoxy) is 1. The van der Waals surface area contributed by atoms with E-state index in [4.69, 9.17) is 16.3 Å². The first-order valence-electron chi connectivity index (χ1n) is 7.15. The lowest BCUT2D eigenvalue weighted by Crippen LogP contribution is -2.63. The van der Waals surface area contributed by atoms with Crippen LogP contribution in [0.4, 0.5) is 11.4 Å². The summed E-state index contributed by atoms with van der Waals surface area (Å²) in [6.45, 7) is 6.91. The Kier molecular flexibility index (Phi) is 3.37. The highest BCUT2D eigenvalue weighted by molar-refractivity contribution is 6.33. The molecule has 1 aliphatic heterocycles. The molecule has 1 aromatic rings. The SMILES string of the molecule is Cc1cc(NC2C3CCOC3C2(C)C)c(Cl)cc1[N+](=O)[O-]. The minimum atomic E-state index is -0.404. The van der Waals surface area contributed by atoms with Gasteiger partial charge < -0.3 is 10.1 Å². The van der Waals surface area contributed by atoms with E-state index in [-0.39, 0.29) is 17.1 Å². The van der Waals surface area contributed by atoms with Gasteiger partial charge in [-0.2, -0.15) is 0 Å². The third kappa shape index (κ3) is 2.19. The second kappa shape index (κ2) is 4.85. The van der Waals surface area contributed by atoms with E-state index in [9.17, 15) is 10.1 Å². The number of nitrogens with one attached hydrogen (secondary N) is 1. The van der Waals surface area contributed by atoms with Crippen LogP contribution in [0.5, 0.6) is 0 Å². The van der Waals surface area contributed by atoms with Gasteiger partial charge >= 0.3 is 0 Å². The molecule has 1 heterocycles.